The molecule has 1 aliphatic rings. The molecule has 2 aromatic rings. The van der Waals surface area contributed by atoms with Crippen LogP contribution in [0.1, 0.15) is 38.8 Å². The number of nitrogens with zero attached hydrogens (tertiary/aromatic N) is 2. The van der Waals surface area contributed by atoms with E-state index in [4.69, 9.17) is 5.73 Å². The monoisotopic (exact) mass is 283 g/mol. The molecule has 0 bridgehead atoms. The Morgan fingerprint density at radius 2 is 2.00 bits per heavy atom. The summed E-state index contributed by atoms with van der Waals surface area (Å²) in [6.07, 6.45) is 3.80. The van der Waals surface area contributed by atoms with E-state index in [9.17, 15) is 0 Å². The number of anilines is 1. The third kappa shape index (κ3) is 2.51. The van der Waals surface area contributed by atoms with Gasteiger partial charge in [0.15, 0.2) is 0 Å². The molecule has 0 amide bonds. The Kier molecular flexibility index (Phi) is 3.85. The lowest BCUT2D eigenvalue weighted by Gasteiger charge is -2.28. The van der Waals surface area contributed by atoms with Gasteiger partial charge in [-0.1, -0.05) is 32.0 Å². The molecule has 21 heavy (non-hydrogen) atoms. The van der Waals surface area contributed by atoms with E-state index in [1.54, 1.807) is 0 Å². The minimum atomic E-state index is 0.479. The van der Waals surface area contributed by atoms with Gasteiger partial charge in [-0.15, -0.1) is 0 Å². The molecule has 2 heterocycles. The molecular formula is C18H25N3. The maximum absolute atomic E-state index is 5.83. The SMILES string of the molecule is CCC1(CC)CCN(c2cc(CN)nc3ccccc23)C1. The number of benzene rings is 1. The number of hydrogen-bond donors (Lipinski definition) is 1. The largest absolute Gasteiger partial charge is 0.370 e. The molecule has 1 aliphatic heterocycles. The fraction of sp³-hybridized carbons (Fsp3) is 0.500. The van der Waals surface area contributed by atoms with Crippen LogP contribution in [-0.2, 0) is 6.54 Å². The van der Waals surface area contributed by atoms with Gasteiger partial charge in [0, 0.05) is 30.7 Å². The van der Waals surface area contributed by atoms with Crippen LogP contribution in [0, 0.1) is 5.41 Å². The molecule has 3 rings (SSSR count). The molecular weight excluding hydrogens is 258 g/mol. The van der Waals surface area contributed by atoms with E-state index in [0.717, 1.165) is 24.3 Å². The topological polar surface area (TPSA) is 42.1 Å². The van der Waals surface area contributed by atoms with E-state index in [1.165, 1.54) is 30.3 Å². The number of hydrogen-bond acceptors (Lipinski definition) is 3. The molecule has 2 N–H and O–H groups in total. The van der Waals surface area contributed by atoms with Crippen LogP contribution in [0.5, 0.6) is 0 Å². The summed E-state index contributed by atoms with van der Waals surface area (Å²) in [5.41, 5.74) is 9.66. The molecule has 3 nitrogen and oxygen atoms in total. The van der Waals surface area contributed by atoms with E-state index in [-0.39, 0.29) is 0 Å². The van der Waals surface area contributed by atoms with Gasteiger partial charge in [-0.3, -0.25) is 4.98 Å². The molecule has 1 aromatic carbocycles. The smallest absolute Gasteiger partial charge is 0.0726 e. The van der Waals surface area contributed by atoms with Crippen molar-refractivity contribution in [3.8, 4) is 0 Å². The van der Waals surface area contributed by atoms with Crippen LogP contribution in [0.4, 0.5) is 5.69 Å². The van der Waals surface area contributed by atoms with Crippen LogP contribution < -0.4 is 10.6 Å². The molecule has 0 radical (unpaired) electrons. The molecule has 0 spiro atoms. The Bertz CT molecular complexity index is 631. The van der Waals surface area contributed by atoms with E-state index in [1.807, 2.05) is 6.07 Å². The average Bonchev–Trinajstić information content (AvgIpc) is 2.99. The average molecular weight is 283 g/mol. The second kappa shape index (κ2) is 5.64. The minimum absolute atomic E-state index is 0.479. The fourth-order valence-electron chi connectivity index (χ4n) is 3.54. The number of aromatic nitrogens is 1. The van der Waals surface area contributed by atoms with E-state index in [2.05, 4.69) is 48.0 Å². The van der Waals surface area contributed by atoms with Gasteiger partial charge in [-0.25, -0.2) is 0 Å². The molecule has 0 unspecified atom stereocenters. The lowest BCUT2D eigenvalue weighted by Crippen LogP contribution is -2.26. The first-order valence-corrected chi connectivity index (χ1v) is 8.05. The molecule has 1 aromatic heterocycles. The summed E-state index contributed by atoms with van der Waals surface area (Å²) in [6.45, 7) is 7.43. The van der Waals surface area contributed by atoms with Crippen molar-refractivity contribution in [1.82, 2.24) is 4.98 Å². The Balaban J connectivity index is 2.04. The highest BCUT2D eigenvalue weighted by Gasteiger charge is 2.35. The number of nitrogens with two attached hydrogens (primary N) is 1. The van der Waals surface area contributed by atoms with Crippen molar-refractivity contribution in [2.75, 3.05) is 18.0 Å². The van der Waals surface area contributed by atoms with Crippen molar-refractivity contribution in [2.24, 2.45) is 11.1 Å². The Hall–Kier alpha value is -1.61. The molecule has 0 atom stereocenters. The second-order valence-corrected chi connectivity index (χ2v) is 6.23. The highest BCUT2D eigenvalue weighted by Crippen LogP contribution is 2.40. The summed E-state index contributed by atoms with van der Waals surface area (Å²) in [6, 6.07) is 10.6. The number of rotatable bonds is 4. The zero-order chi connectivity index (χ0) is 14.9. The van der Waals surface area contributed by atoms with Crippen LogP contribution in [0.15, 0.2) is 30.3 Å². The quantitative estimate of drug-likeness (QED) is 0.930. The van der Waals surface area contributed by atoms with Gasteiger partial charge in [0.1, 0.15) is 0 Å². The maximum atomic E-state index is 5.83. The molecule has 0 aliphatic carbocycles. The van der Waals surface area contributed by atoms with Crippen molar-refractivity contribution < 1.29 is 0 Å². The van der Waals surface area contributed by atoms with Crippen LogP contribution in [-0.4, -0.2) is 18.1 Å². The Labute approximate surface area is 127 Å². The molecule has 1 fully saturated rings. The van der Waals surface area contributed by atoms with Crippen molar-refractivity contribution in [3.05, 3.63) is 36.0 Å². The van der Waals surface area contributed by atoms with Gasteiger partial charge in [0.25, 0.3) is 0 Å². The highest BCUT2D eigenvalue weighted by atomic mass is 15.2. The molecule has 112 valence electrons. The number of fused-ring (bicyclic) bond motifs is 1. The minimum Gasteiger partial charge on any atom is -0.370 e. The van der Waals surface area contributed by atoms with E-state index in [0.29, 0.717) is 12.0 Å². The highest BCUT2D eigenvalue weighted by molar-refractivity contribution is 5.92. The standard InChI is InChI=1S/C18H25N3/c1-3-18(4-2)9-10-21(13-18)17-11-14(12-19)20-16-8-6-5-7-15(16)17/h5-8,11H,3-4,9-10,12-13,19H2,1-2H3. The first-order chi connectivity index (χ1) is 10.2. The van der Waals surface area contributed by atoms with Gasteiger partial charge < -0.3 is 10.6 Å². The summed E-state index contributed by atoms with van der Waals surface area (Å²) in [5, 5.41) is 1.25. The summed E-state index contributed by atoms with van der Waals surface area (Å²) in [7, 11) is 0. The summed E-state index contributed by atoms with van der Waals surface area (Å²) >= 11 is 0. The van der Waals surface area contributed by atoms with Gasteiger partial charge in [0.05, 0.1) is 11.2 Å². The van der Waals surface area contributed by atoms with E-state index < -0.39 is 0 Å². The first kappa shape index (κ1) is 14.3. The lowest BCUT2D eigenvalue weighted by atomic mass is 9.82. The van der Waals surface area contributed by atoms with Gasteiger partial charge in [-0.2, -0.15) is 0 Å². The predicted octanol–water partition coefficient (Wildman–Crippen LogP) is 3.71. The predicted molar refractivity (Wildman–Crippen MR) is 89.5 cm³/mol. The second-order valence-electron chi connectivity index (χ2n) is 6.23. The summed E-state index contributed by atoms with van der Waals surface area (Å²) in [5.74, 6) is 0. The van der Waals surface area contributed by atoms with Crippen molar-refractivity contribution in [2.45, 2.75) is 39.7 Å². The molecule has 1 saturated heterocycles. The van der Waals surface area contributed by atoms with Crippen LogP contribution in [0.2, 0.25) is 0 Å². The third-order valence-corrected chi connectivity index (χ3v) is 5.24. The van der Waals surface area contributed by atoms with Crippen molar-refractivity contribution in [3.63, 3.8) is 0 Å². The third-order valence-electron chi connectivity index (χ3n) is 5.24. The molecule has 0 saturated carbocycles. The Morgan fingerprint density at radius 3 is 2.67 bits per heavy atom. The van der Waals surface area contributed by atoms with Crippen molar-refractivity contribution >= 4 is 16.6 Å². The van der Waals surface area contributed by atoms with Gasteiger partial charge in [0.2, 0.25) is 0 Å². The fourth-order valence-corrected chi connectivity index (χ4v) is 3.54. The molecule has 3 heteroatoms. The summed E-state index contributed by atoms with van der Waals surface area (Å²) < 4.78 is 0. The zero-order valence-electron chi connectivity index (χ0n) is 13.1. The number of para-hydroxylation sites is 1. The van der Waals surface area contributed by atoms with E-state index >= 15 is 0 Å². The lowest BCUT2D eigenvalue weighted by molar-refractivity contribution is 0.301. The number of pyridine rings is 1. The van der Waals surface area contributed by atoms with Crippen LogP contribution in [0.25, 0.3) is 10.9 Å². The van der Waals surface area contributed by atoms with Crippen LogP contribution >= 0.6 is 0 Å². The van der Waals surface area contributed by atoms with Gasteiger partial charge in [-0.05, 0) is 36.8 Å². The van der Waals surface area contributed by atoms with Gasteiger partial charge >= 0.3 is 0 Å². The maximum Gasteiger partial charge on any atom is 0.0726 e. The first-order valence-electron chi connectivity index (χ1n) is 8.05. The van der Waals surface area contributed by atoms with Crippen molar-refractivity contribution in [1.29, 1.82) is 0 Å². The zero-order valence-corrected chi connectivity index (χ0v) is 13.1. The normalized spacial score (nSPS) is 17.6. The Morgan fingerprint density at radius 1 is 1.24 bits per heavy atom. The van der Waals surface area contributed by atoms with Crippen LogP contribution in [0.3, 0.4) is 0 Å². The summed E-state index contributed by atoms with van der Waals surface area (Å²) in [4.78, 5) is 7.19.